The third-order valence-electron chi connectivity index (χ3n) is 7.30. The lowest BCUT2D eigenvalue weighted by Gasteiger charge is -2.31. The van der Waals surface area contributed by atoms with Gasteiger partial charge in [0, 0.05) is 37.4 Å². The number of hydrogen-bond donors (Lipinski definition) is 0. The Kier molecular flexibility index (Phi) is 8.64. The second-order valence-electron chi connectivity index (χ2n) is 11.3. The van der Waals surface area contributed by atoms with Crippen molar-refractivity contribution in [2.75, 3.05) is 18.1 Å². The monoisotopic (exact) mass is 624 g/mol. The summed E-state index contributed by atoms with van der Waals surface area (Å²) in [6.45, 7) is 6.50. The first-order valence-electron chi connectivity index (χ1n) is 13.7. The highest BCUT2D eigenvalue weighted by atomic mass is 35.5. The Labute approximate surface area is 248 Å². The summed E-state index contributed by atoms with van der Waals surface area (Å²) in [5, 5.41) is 8.98. The van der Waals surface area contributed by atoms with Crippen molar-refractivity contribution in [2.24, 2.45) is 4.40 Å². The van der Waals surface area contributed by atoms with Crippen LogP contribution >= 0.6 is 11.6 Å². The first-order chi connectivity index (χ1) is 19.8. The van der Waals surface area contributed by atoms with Crippen molar-refractivity contribution >= 4 is 34.5 Å². The molecule has 2 aliphatic rings. The van der Waals surface area contributed by atoms with E-state index in [1.165, 1.54) is 23.0 Å². The second-order valence-corrected chi connectivity index (χ2v) is 13.6. The first-order valence-corrected chi connectivity index (χ1v) is 15.2. The molecule has 1 saturated heterocycles. The fraction of sp³-hybridized carbons (Fsp3) is 0.500. The molecule has 0 saturated carbocycles. The maximum absolute atomic E-state index is 13.7. The smallest absolute Gasteiger partial charge is 0.364 e. The average Bonchev–Trinajstić information content (AvgIpc) is 3.29. The summed E-state index contributed by atoms with van der Waals surface area (Å²) in [5.41, 5.74) is 1.18. The zero-order chi connectivity index (χ0) is 30.2. The van der Waals surface area contributed by atoms with E-state index in [9.17, 15) is 22.2 Å². The van der Waals surface area contributed by atoms with Gasteiger partial charge in [-0.2, -0.15) is 32.4 Å². The fourth-order valence-electron chi connectivity index (χ4n) is 5.09. The summed E-state index contributed by atoms with van der Waals surface area (Å²) in [6.07, 6.45) is 0.916. The minimum atomic E-state index is -4.51. The number of anilines is 1. The van der Waals surface area contributed by atoms with Crippen LogP contribution in [0.1, 0.15) is 74.3 Å². The molecule has 0 spiro atoms. The van der Waals surface area contributed by atoms with Crippen LogP contribution in [0, 0.1) is 0 Å². The van der Waals surface area contributed by atoms with Crippen LogP contribution in [0.15, 0.2) is 39.7 Å². The van der Waals surface area contributed by atoms with E-state index in [2.05, 4.69) is 14.6 Å². The lowest BCUT2D eigenvalue weighted by Crippen LogP contribution is -2.36. The van der Waals surface area contributed by atoms with Crippen molar-refractivity contribution in [1.82, 2.24) is 19.6 Å². The predicted molar refractivity (Wildman–Crippen MR) is 155 cm³/mol. The molecule has 2 aliphatic heterocycles. The molecule has 0 aliphatic carbocycles. The third-order valence-corrected chi connectivity index (χ3v) is 9.00. The van der Waals surface area contributed by atoms with Crippen LogP contribution in [0.3, 0.4) is 0 Å². The van der Waals surface area contributed by atoms with Crippen LogP contribution in [0.25, 0.3) is 0 Å². The van der Waals surface area contributed by atoms with Gasteiger partial charge in [0.15, 0.2) is 6.23 Å². The molecule has 226 valence electrons. The molecule has 2 aromatic heterocycles. The number of benzene rings is 1. The number of aromatic nitrogens is 4. The first kappa shape index (κ1) is 30.4. The lowest BCUT2D eigenvalue weighted by atomic mass is 10.0. The molecule has 0 N–H and O–H groups in total. The van der Waals surface area contributed by atoms with E-state index in [0.717, 1.165) is 24.6 Å². The third kappa shape index (κ3) is 6.32. The van der Waals surface area contributed by atoms with Crippen molar-refractivity contribution in [3.05, 3.63) is 73.9 Å². The Balaban J connectivity index is 1.50. The number of alkyl halides is 3. The van der Waals surface area contributed by atoms with E-state index < -0.39 is 39.3 Å². The molecular weight excluding hydrogens is 593 g/mol. The average molecular weight is 625 g/mol. The maximum Gasteiger partial charge on any atom is 0.416 e. The predicted octanol–water partition coefficient (Wildman–Crippen LogP) is 5.30. The van der Waals surface area contributed by atoms with Crippen LogP contribution in [-0.2, 0) is 41.4 Å². The van der Waals surface area contributed by atoms with Gasteiger partial charge in [-0.3, -0.25) is 9.48 Å². The molecule has 2 atom stereocenters. The van der Waals surface area contributed by atoms with Crippen molar-refractivity contribution in [1.29, 1.82) is 0 Å². The fourth-order valence-corrected chi connectivity index (χ4v) is 5.85. The number of nitrogens with zero attached hydrogens (tertiary/aromatic N) is 6. The number of fused-ring (bicyclic) bond motifs is 1. The number of hydrogen-bond acceptors (Lipinski definition) is 6. The van der Waals surface area contributed by atoms with E-state index in [-0.39, 0.29) is 23.7 Å². The largest absolute Gasteiger partial charge is 0.416 e. The normalized spacial score (nSPS) is 18.8. The van der Waals surface area contributed by atoms with Crippen LogP contribution in [0.2, 0.25) is 5.02 Å². The van der Waals surface area contributed by atoms with Gasteiger partial charge in [0.05, 0.1) is 35.0 Å². The topological polar surface area (TPSA) is 94.6 Å². The van der Waals surface area contributed by atoms with Gasteiger partial charge in [0.1, 0.15) is 21.7 Å². The quantitative estimate of drug-likeness (QED) is 0.346. The summed E-state index contributed by atoms with van der Waals surface area (Å²) in [4.78, 5) is 15.0. The number of rotatable bonds is 6. The zero-order valence-electron chi connectivity index (χ0n) is 23.5. The number of ether oxygens (including phenoxy) is 1. The SMILES string of the molecule is CC(C)(C)S(=O)/N=C/c1nn(Cc2ccccc2C(F)(F)F)c2c1CN(c1cnn(C3CCCCO3)c(=O)c1Cl)CC2. The van der Waals surface area contributed by atoms with Gasteiger partial charge in [-0.1, -0.05) is 29.8 Å². The standard InChI is InChI=1S/C28H32ClF3N6O3S/c1-27(2,3)42(40)34-14-21-19-17-36(23-15-33-38(26(39)25(23)29)24-10-6-7-13-41-24)12-11-22(19)37(35-21)16-18-8-4-5-9-20(18)28(30,31)32/h4-5,8-9,14-15,24H,6-7,10-13,16-17H2,1-3H3/b34-14+. The summed E-state index contributed by atoms with van der Waals surface area (Å²) >= 11 is 6.58. The van der Waals surface area contributed by atoms with Crippen molar-refractivity contribution in [2.45, 2.75) is 76.7 Å². The van der Waals surface area contributed by atoms with E-state index >= 15 is 0 Å². The molecule has 0 bridgehead atoms. The molecule has 1 fully saturated rings. The van der Waals surface area contributed by atoms with E-state index in [4.69, 9.17) is 16.3 Å². The Hall–Kier alpha value is -3.03. The highest BCUT2D eigenvalue weighted by Gasteiger charge is 2.34. The molecule has 3 aromatic rings. The molecule has 4 heterocycles. The molecule has 1 aromatic carbocycles. The highest BCUT2D eigenvalue weighted by molar-refractivity contribution is 7.85. The van der Waals surface area contributed by atoms with Gasteiger partial charge < -0.3 is 9.64 Å². The Morgan fingerprint density at radius 1 is 1.21 bits per heavy atom. The molecule has 9 nitrogen and oxygen atoms in total. The zero-order valence-corrected chi connectivity index (χ0v) is 25.1. The summed E-state index contributed by atoms with van der Waals surface area (Å²) < 4.78 is 66.0. The maximum atomic E-state index is 13.7. The van der Waals surface area contributed by atoms with Crippen LogP contribution in [0.4, 0.5) is 18.9 Å². The molecule has 5 rings (SSSR count). The second kappa shape index (κ2) is 11.9. The highest BCUT2D eigenvalue weighted by Crippen LogP contribution is 2.34. The van der Waals surface area contributed by atoms with Crippen LogP contribution in [-0.4, -0.2) is 47.9 Å². The van der Waals surface area contributed by atoms with E-state index in [1.807, 2.05) is 4.90 Å². The van der Waals surface area contributed by atoms with Crippen molar-refractivity contribution < 1.29 is 22.1 Å². The minimum Gasteiger partial charge on any atom is -0.364 e. The van der Waals surface area contributed by atoms with Gasteiger partial charge in [-0.05, 0) is 51.7 Å². The van der Waals surface area contributed by atoms with Crippen LogP contribution in [0.5, 0.6) is 0 Å². The van der Waals surface area contributed by atoms with Crippen molar-refractivity contribution in [3.8, 4) is 0 Å². The molecule has 2 unspecified atom stereocenters. The molecular formula is C28H32ClF3N6O3S. The molecule has 42 heavy (non-hydrogen) atoms. The lowest BCUT2D eigenvalue weighted by molar-refractivity contribution is -0.138. The van der Waals surface area contributed by atoms with Gasteiger partial charge >= 0.3 is 6.18 Å². The Morgan fingerprint density at radius 2 is 1.98 bits per heavy atom. The van der Waals surface area contributed by atoms with Crippen molar-refractivity contribution in [3.63, 3.8) is 0 Å². The summed E-state index contributed by atoms with van der Waals surface area (Å²) in [7, 11) is -1.57. The van der Waals surface area contributed by atoms with Gasteiger partial charge in [-0.25, -0.2) is 4.21 Å². The van der Waals surface area contributed by atoms with Gasteiger partial charge in [0.2, 0.25) is 0 Å². The number of halogens is 4. The van der Waals surface area contributed by atoms with Gasteiger partial charge in [-0.15, -0.1) is 0 Å². The van der Waals surface area contributed by atoms with E-state index in [1.54, 1.807) is 37.7 Å². The summed E-state index contributed by atoms with van der Waals surface area (Å²) in [6, 6.07) is 5.41. The molecule has 0 amide bonds. The minimum absolute atomic E-state index is 0.0122. The van der Waals surface area contributed by atoms with Gasteiger partial charge in [0.25, 0.3) is 5.56 Å². The van der Waals surface area contributed by atoms with E-state index in [0.29, 0.717) is 42.9 Å². The van der Waals surface area contributed by atoms with Crippen LogP contribution < -0.4 is 10.5 Å². The molecule has 14 heteroatoms. The Morgan fingerprint density at radius 3 is 2.67 bits per heavy atom. The Bertz CT molecular complexity index is 1570. The molecule has 0 radical (unpaired) electrons. The summed E-state index contributed by atoms with van der Waals surface area (Å²) in [5.74, 6) is 0.